The monoisotopic (exact) mass is 171 g/mol. The number of fused-ring (bicyclic) bond motifs is 3. The molecule has 0 fully saturated rings. The number of nitrogens with zero attached hydrogens (tertiary/aromatic N) is 2. The first-order chi connectivity index (χ1) is 6.34. The van der Waals surface area contributed by atoms with Crippen molar-refractivity contribution in [2.45, 2.75) is 6.67 Å². The fraction of sp³-hybridized carbons (Fsp3) is 0.182. The summed E-state index contributed by atoms with van der Waals surface area (Å²) < 4.78 is 4.52. The van der Waals surface area contributed by atoms with Crippen molar-refractivity contribution in [3.63, 3.8) is 0 Å². The van der Waals surface area contributed by atoms with E-state index in [9.17, 15) is 0 Å². The Bertz CT molecular complexity index is 506. The third kappa shape index (κ3) is 0.856. The molecular weight excluding hydrogens is 160 g/mol. The summed E-state index contributed by atoms with van der Waals surface area (Å²) in [7, 11) is 2.10. The van der Waals surface area contributed by atoms with Gasteiger partial charge in [-0.3, -0.25) is 4.57 Å². The summed E-state index contributed by atoms with van der Waals surface area (Å²) in [6.07, 6.45) is 2.18. The predicted molar refractivity (Wildman–Crippen MR) is 53.3 cm³/mol. The van der Waals surface area contributed by atoms with E-state index in [4.69, 9.17) is 0 Å². The molecule has 64 valence electrons. The van der Waals surface area contributed by atoms with E-state index in [-0.39, 0.29) is 0 Å². The lowest BCUT2D eigenvalue weighted by Gasteiger charge is -1.96. The molecule has 0 unspecified atom stereocenters. The van der Waals surface area contributed by atoms with Crippen LogP contribution in [0, 0.1) is 0 Å². The highest BCUT2D eigenvalue weighted by Gasteiger charge is 2.17. The zero-order valence-corrected chi connectivity index (χ0v) is 7.57. The zero-order valence-electron chi connectivity index (χ0n) is 7.57. The van der Waals surface area contributed by atoms with Crippen LogP contribution in [0.15, 0.2) is 30.3 Å². The fourth-order valence-electron chi connectivity index (χ4n) is 1.99. The first kappa shape index (κ1) is 6.89. The third-order valence-electron chi connectivity index (χ3n) is 2.56. The van der Waals surface area contributed by atoms with Gasteiger partial charge in [0.2, 0.25) is 6.67 Å². The molecule has 0 amide bonds. The van der Waals surface area contributed by atoms with E-state index >= 15 is 0 Å². The van der Waals surface area contributed by atoms with E-state index in [1.165, 1.54) is 16.6 Å². The molecule has 0 bridgehead atoms. The summed E-state index contributed by atoms with van der Waals surface area (Å²) in [5.41, 5.74) is 2.64. The van der Waals surface area contributed by atoms with Gasteiger partial charge in [-0.05, 0) is 12.1 Å². The van der Waals surface area contributed by atoms with Crippen LogP contribution in [-0.4, -0.2) is 22.4 Å². The van der Waals surface area contributed by atoms with Gasteiger partial charge in [-0.1, -0.05) is 18.2 Å². The lowest BCUT2D eigenvalue weighted by atomic mass is 10.2. The van der Waals surface area contributed by atoms with Crippen LogP contribution in [0.4, 0.5) is 0 Å². The quantitative estimate of drug-likeness (QED) is 0.533. The van der Waals surface area contributed by atoms with Gasteiger partial charge >= 0.3 is 0 Å². The first-order valence-corrected chi connectivity index (χ1v) is 4.48. The summed E-state index contributed by atoms with van der Waals surface area (Å²) in [5.74, 6) is 0. The molecule has 0 spiro atoms. The van der Waals surface area contributed by atoms with Gasteiger partial charge < -0.3 is 0 Å². The molecule has 3 rings (SSSR count). The number of aromatic nitrogens is 1. The van der Waals surface area contributed by atoms with Gasteiger partial charge in [0.1, 0.15) is 12.7 Å². The van der Waals surface area contributed by atoms with Crippen LogP contribution in [0.2, 0.25) is 0 Å². The topological polar surface area (TPSA) is 7.94 Å². The Morgan fingerprint density at radius 2 is 2.15 bits per heavy atom. The van der Waals surface area contributed by atoms with E-state index in [1.54, 1.807) is 0 Å². The summed E-state index contributed by atoms with van der Waals surface area (Å²) in [5, 5.41) is 1.34. The highest BCUT2D eigenvalue weighted by molar-refractivity contribution is 5.89. The van der Waals surface area contributed by atoms with Crippen LogP contribution in [0.5, 0.6) is 0 Å². The second-order valence-electron chi connectivity index (χ2n) is 3.58. The maximum atomic E-state index is 2.33. The van der Waals surface area contributed by atoms with E-state index in [0.717, 1.165) is 6.67 Å². The second kappa shape index (κ2) is 2.22. The van der Waals surface area contributed by atoms with E-state index in [1.807, 2.05) is 0 Å². The van der Waals surface area contributed by atoms with Crippen molar-refractivity contribution in [2.75, 3.05) is 7.05 Å². The Labute approximate surface area is 76.7 Å². The van der Waals surface area contributed by atoms with Gasteiger partial charge in [-0.2, -0.15) is 0 Å². The van der Waals surface area contributed by atoms with Gasteiger partial charge in [0, 0.05) is 5.39 Å². The van der Waals surface area contributed by atoms with Crippen molar-refractivity contribution in [2.24, 2.45) is 0 Å². The van der Waals surface area contributed by atoms with Crippen LogP contribution < -0.4 is 0 Å². The second-order valence-corrected chi connectivity index (χ2v) is 3.58. The Balaban J connectivity index is 2.39. The van der Waals surface area contributed by atoms with Crippen molar-refractivity contribution in [3.05, 3.63) is 36.0 Å². The predicted octanol–water partition coefficient (Wildman–Crippen LogP) is 1.67. The molecule has 0 radical (unpaired) electrons. The van der Waals surface area contributed by atoms with Crippen molar-refractivity contribution in [1.82, 2.24) is 4.57 Å². The Kier molecular flexibility index (Phi) is 1.18. The van der Waals surface area contributed by atoms with Crippen molar-refractivity contribution < 1.29 is 4.58 Å². The molecule has 0 N–H and O–H groups in total. The molecular formula is C11H11N2+. The van der Waals surface area contributed by atoms with Crippen LogP contribution >= 0.6 is 0 Å². The molecule has 2 nitrogen and oxygen atoms in total. The molecule has 0 atom stereocenters. The zero-order chi connectivity index (χ0) is 8.84. The maximum Gasteiger partial charge on any atom is 0.222 e. The van der Waals surface area contributed by atoms with Crippen LogP contribution in [0.25, 0.3) is 10.9 Å². The Hall–Kier alpha value is -1.57. The maximum absolute atomic E-state index is 2.33. The molecule has 1 aliphatic rings. The summed E-state index contributed by atoms with van der Waals surface area (Å²) >= 11 is 0. The van der Waals surface area contributed by atoms with Gasteiger partial charge in [-0.15, -0.1) is 0 Å². The molecule has 2 heteroatoms. The summed E-state index contributed by atoms with van der Waals surface area (Å²) in [6.45, 7) is 0.975. The Morgan fingerprint density at radius 3 is 3.08 bits per heavy atom. The summed E-state index contributed by atoms with van der Waals surface area (Å²) in [4.78, 5) is 0. The fourth-order valence-corrected chi connectivity index (χ4v) is 1.99. The van der Waals surface area contributed by atoms with Crippen LogP contribution in [0.1, 0.15) is 5.69 Å². The minimum Gasteiger partial charge on any atom is -0.280 e. The first-order valence-electron chi connectivity index (χ1n) is 4.48. The number of para-hydroxylation sites is 1. The van der Waals surface area contributed by atoms with Crippen LogP contribution in [0.3, 0.4) is 0 Å². The molecule has 2 heterocycles. The van der Waals surface area contributed by atoms with Crippen molar-refractivity contribution >= 4 is 17.1 Å². The van der Waals surface area contributed by atoms with Crippen molar-refractivity contribution in [1.29, 1.82) is 0 Å². The molecule has 1 aromatic heterocycles. The third-order valence-corrected chi connectivity index (χ3v) is 2.56. The Morgan fingerprint density at radius 1 is 1.31 bits per heavy atom. The van der Waals surface area contributed by atoms with Gasteiger partial charge in [0.15, 0.2) is 6.21 Å². The highest BCUT2D eigenvalue weighted by atomic mass is 15.2. The highest BCUT2D eigenvalue weighted by Crippen LogP contribution is 2.20. The summed E-state index contributed by atoms with van der Waals surface area (Å²) in [6, 6.07) is 10.7. The van der Waals surface area contributed by atoms with E-state index < -0.39 is 0 Å². The molecule has 0 saturated carbocycles. The average molecular weight is 171 g/mol. The normalized spacial score (nSPS) is 14.7. The van der Waals surface area contributed by atoms with Crippen molar-refractivity contribution in [3.8, 4) is 0 Å². The van der Waals surface area contributed by atoms with Gasteiger partial charge in [0.25, 0.3) is 0 Å². The van der Waals surface area contributed by atoms with Gasteiger partial charge in [0.05, 0.1) is 5.52 Å². The number of benzene rings is 1. The largest absolute Gasteiger partial charge is 0.280 e. The number of rotatable bonds is 0. The van der Waals surface area contributed by atoms with Gasteiger partial charge in [-0.25, -0.2) is 4.58 Å². The lowest BCUT2D eigenvalue weighted by Crippen LogP contribution is -2.03. The molecule has 0 aliphatic carbocycles. The SMILES string of the molecule is C[N+]1=Cc2cc3ccccc3n2C1. The minimum atomic E-state index is 0.975. The van der Waals surface area contributed by atoms with E-state index in [2.05, 4.69) is 52.7 Å². The van der Waals surface area contributed by atoms with Crippen LogP contribution in [-0.2, 0) is 6.67 Å². The lowest BCUT2D eigenvalue weighted by molar-refractivity contribution is -0.517. The minimum absolute atomic E-state index is 0.975. The average Bonchev–Trinajstić information content (AvgIpc) is 2.60. The number of hydrogen-bond donors (Lipinski definition) is 0. The molecule has 2 aromatic rings. The molecule has 1 aromatic carbocycles. The smallest absolute Gasteiger partial charge is 0.222 e. The van der Waals surface area contributed by atoms with E-state index in [0.29, 0.717) is 0 Å². The molecule has 0 saturated heterocycles. The molecule has 1 aliphatic heterocycles. The number of hydrogen-bond acceptors (Lipinski definition) is 0. The standard InChI is InChI=1S/C11H11N2/c1-12-7-10-6-9-4-2-3-5-11(9)13(10)8-12/h2-7H,8H2,1H3/q+1. The molecule has 13 heavy (non-hydrogen) atoms.